The summed E-state index contributed by atoms with van der Waals surface area (Å²) in [7, 11) is 0. The molecule has 1 fully saturated rings. The predicted molar refractivity (Wildman–Crippen MR) is 88.7 cm³/mol. The normalized spacial score (nSPS) is 16.8. The molecule has 8 heteroatoms. The van der Waals surface area contributed by atoms with E-state index in [1.54, 1.807) is 6.07 Å². The number of hydrogen-bond acceptors (Lipinski definition) is 3. The second kappa shape index (κ2) is 7.18. The van der Waals surface area contributed by atoms with E-state index in [0.29, 0.717) is 5.75 Å². The molecule has 4 nitrogen and oxygen atoms in total. The lowest BCUT2D eigenvalue weighted by Crippen LogP contribution is -2.44. The number of anilines is 1. The van der Waals surface area contributed by atoms with Crippen molar-refractivity contribution in [1.82, 2.24) is 4.90 Å². The van der Waals surface area contributed by atoms with E-state index in [1.165, 1.54) is 34.9 Å². The highest BCUT2D eigenvalue weighted by molar-refractivity contribution is 7.99. The molecule has 0 aliphatic carbocycles. The van der Waals surface area contributed by atoms with Gasteiger partial charge in [0.2, 0.25) is 5.91 Å². The predicted octanol–water partition coefficient (Wildman–Crippen LogP) is 3.26. The molecule has 2 amide bonds. The van der Waals surface area contributed by atoms with Crippen LogP contribution in [-0.4, -0.2) is 34.4 Å². The van der Waals surface area contributed by atoms with E-state index in [2.05, 4.69) is 5.32 Å². The van der Waals surface area contributed by atoms with Gasteiger partial charge in [-0.25, -0.2) is 13.2 Å². The molecule has 3 rings (SSSR count). The first-order valence-corrected chi connectivity index (χ1v) is 8.52. The van der Waals surface area contributed by atoms with Gasteiger partial charge in [0.25, 0.3) is 5.91 Å². The van der Waals surface area contributed by atoms with Gasteiger partial charge in [0.1, 0.15) is 11.9 Å². The number of nitrogens with one attached hydrogen (secondary N) is 1. The van der Waals surface area contributed by atoms with E-state index in [-0.39, 0.29) is 17.1 Å². The third kappa shape index (κ3) is 3.63. The van der Waals surface area contributed by atoms with Crippen molar-refractivity contribution >= 4 is 29.3 Å². The summed E-state index contributed by atoms with van der Waals surface area (Å²) < 4.78 is 40.0. The Hall–Kier alpha value is -2.48. The second-order valence-corrected chi connectivity index (χ2v) is 6.39. The summed E-state index contributed by atoms with van der Waals surface area (Å²) in [5.41, 5.74) is -0.0327. The molecule has 0 spiro atoms. The molecule has 0 radical (unpaired) electrons. The zero-order chi connectivity index (χ0) is 18.0. The van der Waals surface area contributed by atoms with Crippen LogP contribution in [0.5, 0.6) is 0 Å². The molecule has 2 aromatic carbocycles. The summed E-state index contributed by atoms with van der Waals surface area (Å²) in [6, 6.07) is 7.69. The maximum atomic E-state index is 13.7. The fourth-order valence-electron chi connectivity index (χ4n) is 2.43. The van der Waals surface area contributed by atoms with Crippen molar-refractivity contribution < 1.29 is 22.8 Å². The third-order valence-electron chi connectivity index (χ3n) is 3.74. The van der Waals surface area contributed by atoms with Crippen LogP contribution < -0.4 is 5.32 Å². The van der Waals surface area contributed by atoms with E-state index >= 15 is 0 Å². The van der Waals surface area contributed by atoms with Crippen molar-refractivity contribution in [3.63, 3.8) is 0 Å². The molecule has 1 atom stereocenters. The Morgan fingerprint density at radius 1 is 1.04 bits per heavy atom. The summed E-state index contributed by atoms with van der Waals surface area (Å²) in [5, 5.41) is 2.45. The Morgan fingerprint density at radius 2 is 1.80 bits per heavy atom. The second-order valence-electron chi connectivity index (χ2n) is 5.39. The van der Waals surface area contributed by atoms with Crippen molar-refractivity contribution in [3.05, 3.63) is 65.5 Å². The average Bonchev–Trinajstić information content (AvgIpc) is 3.08. The van der Waals surface area contributed by atoms with E-state index in [9.17, 15) is 22.8 Å². The summed E-state index contributed by atoms with van der Waals surface area (Å²) in [6.07, 6.45) is 0. The van der Waals surface area contributed by atoms with Crippen LogP contribution in [0.25, 0.3) is 0 Å². The van der Waals surface area contributed by atoms with Crippen LogP contribution in [0.4, 0.5) is 18.9 Å². The van der Waals surface area contributed by atoms with Gasteiger partial charge >= 0.3 is 0 Å². The maximum Gasteiger partial charge on any atom is 0.255 e. The number of carbonyl (C=O) groups is 2. The molecule has 1 aliphatic rings. The van der Waals surface area contributed by atoms with Gasteiger partial charge in [-0.1, -0.05) is 12.1 Å². The number of halogens is 3. The molecular weight excluding hydrogens is 353 g/mol. The van der Waals surface area contributed by atoms with Crippen LogP contribution in [-0.2, 0) is 4.79 Å². The third-order valence-corrected chi connectivity index (χ3v) is 4.76. The fourth-order valence-corrected chi connectivity index (χ4v) is 3.59. The minimum absolute atomic E-state index is 0.0182. The highest BCUT2D eigenvalue weighted by Gasteiger charge is 2.35. The lowest BCUT2D eigenvalue weighted by Gasteiger charge is -2.23. The van der Waals surface area contributed by atoms with E-state index in [1.807, 2.05) is 0 Å². The van der Waals surface area contributed by atoms with Gasteiger partial charge in [0, 0.05) is 11.3 Å². The molecule has 1 aliphatic heterocycles. The lowest BCUT2D eigenvalue weighted by atomic mass is 10.1. The minimum atomic E-state index is -1.13. The van der Waals surface area contributed by atoms with Gasteiger partial charge in [0.05, 0.1) is 11.6 Å². The van der Waals surface area contributed by atoms with Gasteiger partial charge in [-0.15, -0.1) is 11.8 Å². The number of para-hydroxylation sites is 1. The number of hydrogen-bond donors (Lipinski definition) is 1. The minimum Gasteiger partial charge on any atom is -0.322 e. The lowest BCUT2D eigenvalue weighted by molar-refractivity contribution is -0.119. The van der Waals surface area contributed by atoms with Crippen LogP contribution in [0.15, 0.2) is 42.5 Å². The molecule has 0 saturated carbocycles. The number of rotatable bonds is 3. The largest absolute Gasteiger partial charge is 0.322 e. The quantitative estimate of drug-likeness (QED) is 0.907. The molecule has 130 valence electrons. The molecule has 2 aromatic rings. The molecule has 0 aromatic heterocycles. The van der Waals surface area contributed by atoms with Gasteiger partial charge in [-0.2, -0.15) is 0 Å². The number of carbonyl (C=O) groups excluding carboxylic acids is 2. The topological polar surface area (TPSA) is 49.4 Å². The first-order chi connectivity index (χ1) is 12.0. The first-order valence-electron chi connectivity index (χ1n) is 7.36. The van der Waals surface area contributed by atoms with Gasteiger partial charge in [-0.05, 0) is 30.3 Å². The monoisotopic (exact) mass is 366 g/mol. The molecule has 1 unspecified atom stereocenters. The Bertz CT molecular complexity index is 831. The van der Waals surface area contributed by atoms with Crippen molar-refractivity contribution in [1.29, 1.82) is 0 Å². The molecule has 0 bridgehead atoms. The van der Waals surface area contributed by atoms with Crippen molar-refractivity contribution in [2.24, 2.45) is 0 Å². The van der Waals surface area contributed by atoms with Crippen molar-refractivity contribution in [2.45, 2.75) is 6.04 Å². The van der Waals surface area contributed by atoms with Crippen LogP contribution in [0.3, 0.4) is 0 Å². The average molecular weight is 366 g/mol. The Balaban J connectivity index is 1.77. The summed E-state index contributed by atoms with van der Waals surface area (Å²) in [5.74, 6) is -3.34. The van der Waals surface area contributed by atoms with Crippen LogP contribution in [0, 0.1) is 17.5 Å². The van der Waals surface area contributed by atoms with Crippen LogP contribution in [0.2, 0.25) is 0 Å². The number of amides is 2. The van der Waals surface area contributed by atoms with Gasteiger partial charge in [-0.3, -0.25) is 9.59 Å². The molecular formula is C17H13F3N2O2S. The Labute approximate surface area is 146 Å². The summed E-state index contributed by atoms with van der Waals surface area (Å²) in [4.78, 5) is 26.2. The first kappa shape index (κ1) is 17.3. The zero-order valence-electron chi connectivity index (χ0n) is 12.8. The van der Waals surface area contributed by atoms with Gasteiger partial charge in [0.15, 0.2) is 11.6 Å². The number of nitrogens with zero attached hydrogens (tertiary/aromatic N) is 1. The molecule has 25 heavy (non-hydrogen) atoms. The maximum absolute atomic E-state index is 13.7. The summed E-state index contributed by atoms with van der Waals surface area (Å²) >= 11 is 1.35. The number of thioether (sulfide) groups is 1. The van der Waals surface area contributed by atoms with Crippen molar-refractivity contribution in [2.75, 3.05) is 16.9 Å². The number of benzene rings is 2. The van der Waals surface area contributed by atoms with E-state index < -0.39 is 35.3 Å². The van der Waals surface area contributed by atoms with E-state index in [0.717, 1.165) is 18.2 Å². The van der Waals surface area contributed by atoms with Crippen LogP contribution >= 0.6 is 11.8 Å². The standard InChI is InChI=1S/C17H13F3N2O2S/c18-11-6-5-10(7-13(11)20)17(24)22-9-25-8-15(22)16(23)21-14-4-2-1-3-12(14)19/h1-7,15H,8-9H2,(H,21,23). The Morgan fingerprint density at radius 3 is 2.52 bits per heavy atom. The highest BCUT2D eigenvalue weighted by atomic mass is 32.2. The Kier molecular flexibility index (Phi) is 4.98. The van der Waals surface area contributed by atoms with E-state index in [4.69, 9.17) is 0 Å². The smallest absolute Gasteiger partial charge is 0.255 e. The van der Waals surface area contributed by atoms with Gasteiger partial charge < -0.3 is 10.2 Å². The fraction of sp³-hybridized carbons (Fsp3) is 0.176. The van der Waals surface area contributed by atoms with Crippen molar-refractivity contribution in [3.8, 4) is 0 Å². The molecule has 1 N–H and O–H groups in total. The molecule has 1 saturated heterocycles. The summed E-state index contributed by atoms with van der Waals surface area (Å²) in [6.45, 7) is 0. The zero-order valence-corrected chi connectivity index (χ0v) is 13.7. The van der Waals surface area contributed by atoms with Crippen LogP contribution in [0.1, 0.15) is 10.4 Å². The molecule has 1 heterocycles. The SMILES string of the molecule is O=C(Nc1ccccc1F)C1CSCN1C(=O)c1ccc(F)c(F)c1. The highest BCUT2D eigenvalue weighted by Crippen LogP contribution is 2.25.